The molecule has 0 saturated heterocycles. The minimum absolute atomic E-state index is 0.0685. The second kappa shape index (κ2) is 6.16. The van der Waals surface area contributed by atoms with E-state index in [1.54, 1.807) is 0 Å². The van der Waals surface area contributed by atoms with Crippen molar-refractivity contribution in [3.8, 4) is 0 Å². The zero-order chi connectivity index (χ0) is 16.6. The van der Waals surface area contributed by atoms with Crippen LogP contribution in [0.1, 0.15) is 17.5 Å². The van der Waals surface area contributed by atoms with E-state index >= 15 is 0 Å². The van der Waals surface area contributed by atoms with Crippen molar-refractivity contribution in [2.75, 3.05) is 39.2 Å². The van der Waals surface area contributed by atoms with Crippen molar-refractivity contribution in [3.63, 3.8) is 0 Å². The summed E-state index contributed by atoms with van der Waals surface area (Å²) >= 11 is 6.29. The van der Waals surface area contributed by atoms with Crippen LogP contribution >= 0.6 is 11.6 Å². The molecule has 23 heavy (non-hydrogen) atoms. The molecule has 3 rings (SSSR count). The third kappa shape index (κ3) is 2.63. The van der Waals surface area contributed by atoms with Gasteiger partial charge in [-0.25, -0.2) is 0 Å². The Labute approximate surface area is 143 Å². The van der Waals surface area contributed by atoms with E-state index in [0.717, 1.165) is 29.9 Å². The Balaban J connectivity index is 2.25. The molecular formula is C19H23ClN2O. The third-order valence-electron chi connectivity index (χ3n) is 4.87. The van der Waals surface area contributed by atoms with Crippen molar-refractivity contribution in [1.82, 2.24) is 4.90 Å². The van der Waals surface area contributed by atoms with Gasteiger partial charge in [-0.2, -0.15) is 0 Å². The monoisotopic (exact) mass is 330 g/mol. The Kier molecular flexibility index (Phi) is 4.37. The Morgan fingerprint density at radius 2 is 1.78 bits per heavy atom. The molecule has 0 fully saturated rings. The molecule has 0 bridgehead atoms. The SMILES string of the molecule is CN(C)CCC1(CO)c2ccccc2N(C)c2ccc(Cl)cc21. The molecule has 0 aliphatic carbocycles. The molecule has 0 amide bonds. The summed E-state index contributed by atoms with van der Waals surface area (Å²) in [5.41, 5.74) is 4.11. The van der Waals surface area contributed by atoms with E-state index in [-0.39, 0.29) is 6.61 Å². The van der Waals surface area contributed by atoms with Gasteiger partial charge in [0.15, 0.2) is 0 Å². The Bertz CT molecular complexity index is 716. The van der Waals surface area contributed by atoms with Gasteiger partial charge in [-0.3, -0.25) is 0 Å². The number of rotatable bonds is 4. The molecule has 1 aliphatic rings. The molecule has 1 N–H and O–H groups in total. The highest BCUT2D eigenvalue weighted by Gasteiger charge is 2.41. The van der Waals surface area contributed by atoms with Gasteiger partial charge in [0.25, 0.3) is 0 Å². The molecule has 2 aromatic carbocycles. The number of aliphatic hydroxyl groups is 1. The molecule has 1 heterocycles. The fourth-order valence-electron chi connectivity index (χ4n) is 3.56. The van der Waals surface area contributed by atoms with Crippen molar-refractivity contribution in [3.05, 3.63) is 58.6 Å². The van der Waals surface area contributed by atoms with Gasteiger partial charge >= 0.3 is 0 Å². The van der Waals surface area contributed by atoms with Crippen molar-refractivity contribution in [1.29, 1.82) is 0 Å². The van der Waals surface area contributed by atoms with Crippen molar-refractivity contribution < 1.29 is 5.11 Å². The molecule has 122 valence electrons. The fraction of sp³-hybridized carbons (Fsp3) is 0.368. The average molecular weight is 331 g/mol. The van der Waals surface area contributed by atoms with Crippen LogP contribution in [-0.4, -0.2) is 44.3 Å². The minimum atomic E-state index is -0.423. The van der Waals surface area contributed by atoms with E-state index in [0.29, 0.717) is 5.02 Å². The zero-order valence-electron chi connectivity index (χ0n) is 13.9. The number of nitrogens with zero attached hydrogens (tertiary/aromatic N) is 2. The highest BCUT2D eigenvalue weighted by molar-refractivity contribution is 6.30. The first-order chi connectivity index (χ1) is 11.0. The number of anilines is 2. The molecule has 0 radical (unpaired) electrons. The fourth-order valence-corrected chi connectivity index (χ4v) is 3.74. The third-order valence-corrected chi connectivity index (χ3v) is 5.11. The highest BCUT2D eigenvalue weighted by Crippen LogP contribution is 2.50. The first-order valence-corrected chi connectivity index (χ1v) is 8.26. The van der Waals surface area contributed by atoms with Gasteiger partial charge in [-0.05, 0) is 62.5 Å². The summed E-state index contributed by atoms with van der Waals surface area (Å²) in [7, 11) is 6.19. The van der Waals surface area contributed by atoms with Crippen molar-refractivity contribution in [2.45, 2.75) is 11.8 Å². The molecule has 2 aromatic rings. The zero-order valence-corrected chi connectivity index (χ0v) is 14.6. The second-order valence-electron chi connectivity index (χ2n) is 6.53. The van der Waals surface area contributed by atoms with E-state index in [1.165, 1.54) is 5.56 Å². The van der Waals surface area contributed by atoms with Crippen LogP contribution in [0.15, 0.2) is 42.5 Å². The summed E-state index contributed by atoms with van der Waals surface area (Å²) in [5.74, 6) is 0. The minimum Gasteiger partial charge on any atom is -0.395 e. The maximum atomic E-state index is 10.4. The normalized spacial score (nSPS) is 19.7. The van der Waals surface area contributed by atoms with Crippen LogP contribution in [-0.2, 0) is 5.41 Å². The van der Waals surface area contributed by atoms with Gasteiger partial charge in [-0.1, -0.05) is 29.8 Å². The molecule has 4 heteroatoms. The maximum Gasteiger partial charge on any atom is 0.0570 e. The highest BCUT2D eigenvalue weighted by atomic mass is 35.5. The molecule has 1 atom stereocenters. The van der Waals surface area contributed by atoms with Gasteiger partial charge in [0.05, 0.1) is 6.61 Å². The summed E-state index contributed by atoms with van der Waals surface area (Å²) in [6, 6.07) is 14.3. The number of halogens is 1. The largest absolute Gasteiger partial charge is 0.395 e. The van der Waals surface area contributed by atoms with Crippen molar-refractivity contribution >= 4 is 23.0 Å². The lowest BCUT2D eigenvalue weighted by Crippen LogP contribution is -2.40. The summed E-state index contributed by atoms with van der Waals surface area (Å²) in [6.45, 7) is 0.962. The van der Waals surface area contributed by atoms with E-state index in [1.807, 2.05) is 30.3 Å². The van der Waals surface area contributed by atoms with E-state index in [9.17, 15) is 5.11 Å². The number of fused-ring (bicyclic) bond motifs is 2. The predicted molar refractivity (Wildman–Crippen MR) is 97.0 cm³/mol. The summed E-state index contributed by atoms with van der Waals surface area (Å²) in [5, 5.41) is 11.2. The van der Waals surface area contributed by atoms with Crippen LogP contribution in [0.3, 0.4) is 0 Å². The average Bonchev–Trinajstić information content (AvgIpc) is 2.55. The summed E-state index contributed by atoms with van der Waals surface area (Å²) in [4.78, 5) is 4.34. The molecule has 1 aliphatic heterocycles. The number of hydrogen-bond donors (Lipinski definition) is 1. The maximum absolute atomic E-state index is 10.4. The van der Waals surface area contributed by atoms with E-state index in [2.05, 4.69) is 43.1 Å². The van der Waals surface area contributed by atoms with Crippen LogP contribution in [0.4, 0.5) is 11.4 Å². The Hall–Kier alpha value is -1.55. The number of hydrogen-bond acceptors (Lipinski definition) is 3. The molecule has 0 aromatic heterocycles. The van der Waals surface area contributed by atoms with Crippen LogP contribution in [0.25, 0.3) is 0 Å². The predicted octanol–water partition coefficient (Wildman–Crippen LogP) is 3.65. The lowest BCUT2D eigenvalue weighted by Gasteiger charge is -2.44. The summed E-state index contributed by atoms with van der Waals surface area (Å²) in [6.07, 6.45) is 0.842. The molecule has 0 saturated carbocycles. The van der Waals surface area contributed by atoms with Gasteiger partial charge < -0.3 is 14.9 Å². The summed E-state index contributed by atoms with van der Waals surface area (Å²) < 4.78 is 0. The lowest BCUT2D eigenvalue weighted by molar-refractivity contribution is 0.198. The second-order valence-corrected chi connectivity index (χ2v) is 6.97. The van der Waals surface area contributed by atoms with Crippen molar-refractivity contribution in [2.24, 2.45) is 0 Å². The van der Waals surface area contributed by atoms with Gasteiger partial charge in [0, 0.05) is 28.9 Å². The van der Waals surface area contributed by atoms with Crippen LogP contribution in [0.5, 0.6) is 0 Å². The molecule has 1 unspecified atom stereocenters. The van der Waals surface area contributed by atoms with Crippen LogP contribution in [0.2, 0.25) is 5.02 Å². The van der Waals surface area contributed by atoms with Crippen LogP contribution in [0, 0.1) is 0 Å². The number of aliphatic hydroxyl groups excluding tert-OH is 1. The Morgan fingerprint density at radius 3 is 2.48 bits per heavy atom. The van der Waals surface area contributed by atoms with E-state index in [4.69, 9.17) is 11.6 Å². The smallest absolute Gasteiger partial charge is 0.0570 e. The Morgan fingerprint density at radius 1 is 1.09 bits per heavy atom. The van der Waals surface area contributed by atoms with Gasteiger partial charge in [-0.15, -0.1) is 0 Å². The number of benzene rings is 2. The van der Waals surface area contributed by atoms with Gasteiger partial charge in [0.2, 0.25) is 0 Å². The topological polar surface area (TPSA) is 26.7 Å². The molecule has 0 spiro atoms. The quantitative estimate of drug-likeness (QED) is 0.927. The van der Waals surface area contributed by atoms with Crippen LogP contribution < -0.4 is 4.90 Å². The number of para-hydroxylation sites is 1. The first kappa shape index (κ1) is 16.3. The first-order valence-electron chi connectivity index (χ1n) is 7.88. The van der Waals surface area contributed by atoms with Gasteiger partial charge in [0.1, 0.15) is 0 Å². The molecule has 3 nitrogen and oxygen atoms in total. The lowest BCUT2D eigenvalue weighted by atomic mass is 9.69. The molecular weight excluding hydrogens is 308 g/mol. The van der Waals surface area contributed by atoms with E-state index < -0.39 is 5.41 Å². The standard InChI is InChI=1S/C19H23ClN2O/c1-21(2)11-10-19(13-23)15-6-4-5-7-17(15)22(3)18-9-8-14(20)12-16(18)19/h4-9,12,23H,10-11,13H2,1-3H3.